The minimum atomic E-state index is 0.442. The van der Waals surface area contributed by atoms with E-state index in [1.165, 1.54) is 31.2 Å². The summed E-state index contributed by atoms with van der Waals surface area (Å²) in [5.74, 6) is 1.02. The van der Waals surface area contributed by atoms with Gasteiger partial charge in [0.1, 0.15) is 5.75 Å². The number of benzene rings is 1. The first-order valence-electron chi connectivity index (χ1n) is 9.04. The zero-order valence-corrected chi connectivity index (χ0v) is 14.4. The van der Waals surface area contributed by atoms with Crippen molar-refractivity contribution in [1.82, 2.24) is 9.80 Å². The van der Waals surface area contributed by atoms with Gasteiger partial charge in [-0.3, -0.25) is 4.90 Å². The van der Waals surface area contributed by atoms with Crippen molar-refractivity contribution in [1.29, 1.82) is 0 Å². The summed E-state index contributed by atoms with van der Waals surface area (Å²) in [4.78, 5) is 4.88. The zero-order chi connectivity index (χ0) is 15.9. The molecule has 1 aliphatic carbocycles. The number of morpholine rings is 1. The highest BCUT2D eigenvalue weighted by molar-refractivity contribution is 5.27. The molecule has 4 nitrogen and oxygen atoms in total. The maximum atomic E-state index is 6.03. The highest BCUT2D eigenvalue weighted by Gasteiger charge is 2.16. The molecule has 4 heteroatoms. The third-order valence-electron chi connectivity index (χ3n) is 4.88. The Hall–Kier alpha value is -1.10. The van der Waals surface area contributed by atoms with Gasteiger partial charge in [-0.15, -0.1) is 0 Å². The molecule has 0 unspecified atom stereocenters. The number of ether oxygens (including phenoxy) is 2. The van der Waals surface area contributed by atoms with Crippen LogP contribution in [0.1, 0.15) is 31.2 Å². The molecule has 3 rings (SSSR count). The monoisotopic (exact) mass is 318 g/mol. The molecule has 1 aliphatic heterocycles. The van der Waals surface area contributed by atoms with Crippen LogP contribution in [0.5, 0.6) is 5.75 Å². The molecule has 0 amide bonds. The fourth-order valence-corrected chi connectivity index (χ4v) is 3.40. The topological polar surface area (TPSA) is 24.9 Å². The fraction of sp³-hybridized carbons (Fsp3) is 0.684. The van der Waals surface area contributed by atoms with Gasteiger partial charge < -0.3 is 14.4 Å². The second kappa shape index (κ2) is 8.67. The summed E-state index contributed by atoms with van der Waals surface area (Å²) in [6.45, 7) is 7.12. The van der Waals surface area contributed by atoms with E-state index in [0.29, 0.717) is 6.10 Å². The Morgan fingerprint density at radius 1 is 1.13 bits per heavy atom. The number of rotatable bonds is 7. The van der Waals surface area contributed by atoms with Gasteiger partial charge in [-0.2, -0.15) is 0 Å². The molecule has 0 bridgehead atoms. The summed E-state index contributed by atoms with van der Waals surface area (Å²) < 4.78 is 11.4. The van der Waals surface area contributed by atoms with Crippen molar-refractivity contribution < 1.29 is 9.47 Å². The summed E-state index contributed by atoms with van der Waals surface area (Å²) in [6.07, 6.45) is 5.50. The van der Waals surface area contributed by atoms with Crippen molar-refractivity contribution in [3.63, 3.8) is 0 Å². The molecule has 1 heterocycles. The summed E-state index contributed by atoms with van der Waals surface area (Å²) >= 11 is 0. The lowest BCUT2D eigenvalue weighted by molar-refractivity contribution is 0.0342. The molecule has 0 atom stereocenters. The molecule has 128 valence electrons. The van der Waals surface area contributed by atoms with Gasteiger partial charge in [-0.05, 0) is 50.4 Å². The molecule has 1 aromatic rings. The van der Waals surface area contributed by atoms with Gasteiger partial charge >= 0.3 is 0 Å². The Morgan fingerprint density at radius 3 is 2.52 bits per heavy atom. The van der Waals surface area contributed by atoms with Gasteiger partial charge in [0.25, 0.3) is 0 Å². The van der Waals surface area contributed by atoms with Crippen molar-refractivity contribution in [2.45, 2.75) is 38.3 Å². The molecule has 1 saturated carbocycles. The third kappa shape index (κ3) is 5.48. The van der Waals surface area contributed by atoms with Crippen molar-refractivity contribution in [2.75, 3.05) is 46.4 Å². The van der Waals surface area contributed by atoms with Crippen LogP contribution in [-0.4, -0.2) is 62.3 Å². The van der Waals surface area contributed by atoms with Crippen molar-refractivity contribution in [3.05, 3.63) is 29.8 Å². The van der Waals surface area contributed by atoms with Gasteiger partial charge in [0.15, 0.2) is 0 Å². The van der Waals surface area contributed by atoms with E-state index in [1.54, 1.807) is 0 Å². The first-order valence-corrected chi connectivity index (χ1v) is 9.04. The van der Waals surface area contributed by atoms with Crippen LogP contribution in [0.15, 0.2) is 24.3 Å². The van der Waals surface area contributed by atoms with Crippen LogP contribution >= 0.6 is 0 Å². The second-order valence-corrected chi connectivity index (χ2v) is 6.86. The normalized spacial score (nSPS) is 20.3. The third-order valence-corrected chi connectivity index (χ3v) is 4.88. The molecule has 0 N–H and O–H groups in total. The quantitative estimate of drug-likeness (QED) is 0.772. The van der Waals surface area contributed by atoms with Crippen LogP contribution in [0.25, 0.3) is 0 Å². The minimum Gasteiger partial charge on any atom is -0.490 e. The first-order chi connectivity index (χ1) is 11.3. The number of hydrogen-bond acceptors (Lipinski definition) is 4. The minimum absolute atomic E-state index is 0.442. The van der Waals surface area contributed by atoms with Gasteiger partial charge in [0.2, 0.25) is 0 Å². The van der Waals surface area contributed by atoms with E-state index in [9.17, 15) is 0 Å². The molecule has 2 aliphatic rings. The van der Waals surface area contributed by atoms with Crippen LogP contribution < -0.4 is 4.74 Å². The molecular formula is C19H30N2O2. The fourth-order valence-electron chi connectivity index (χ4n) is 3.40. The average Bonchev–Trinajstić information content (AvgIpc) is 3.09. The lowest BCUT2D eigenvalue weighted by Gasteiger charge is -2.28. The molecule has 23 heavy (non-hydrogen) atoms. The molecule has 0 radical (unpaired) electrons. The molecule has 2 fully saturated rings. The van der Waals surface area contributed by atoms with Gasteiger partial charge in [0.05, 0.1) is 19.3 Å². The van der Waals surface area contributed by atoms with E-state index in [2.05, 4.69) is 41.1 Å². The summed E-state index contributed by atoms with van der Waals surface area (Å²) in [7, 11) is 2.20. The summed E-state index contributed by atoms with van der Waals surface area (Å²) in [5.41, 5.74) is 1.35. The zero-order valence-electron chi connectivity index (χ0n) is 14.4. The highest BCUT2D eigenvalue weighted by atomic mass is 16.5. The molecule has 0 aromatic heterocycles. The van der Waals surface area contributed by atoms with E-state index in [-0.39, 0.29) is 0 Å². The van der Waals surface area contributed by atoms with Crippen molar-refractivity contribution in [3.8, 4) is 5.75 Å². The molecular weight excluding hydrogens is 288 g/mol. The maximum absolute atomic E-state index is 6.03. The van der Waals surface area contributed by atoms with Crippen LogP contribution in [-0.2, 0) is 11.3 Å². The summed E-state index contributed by atoms with van der Waals surface area (Å²) in [5, 5.41) is 0. The smallest absolute Gasteiger partial charge is 0.119 e. The van der Waals surface area contributed by atoms with Gasteiger partial charge in [0, 0.05) is 32.7 Å². The van der Waals surface area contributed by atoms with E-state index in [0.717, 1.165) is 51.7 Å². The SMILES string of the molecule is CN(CCN1CCOCC1)Cc1ccc(OC2CCCC2)cc1. The van der Waals surface area contributed by atoms with Crippen LogP contribution in [0.4, 0.5) is 0 Å². The van der Waals surface area contributed by atoms with Crippen molar-refractivity contribution >= 4 is 0 Å². The van der Waals surface area contributed by atoms with E-state index >= 15 is 0 Å². The van der Waals surface area contributed by atoms with Gasteiger partial charge in [-0.1, -0.05) is 12.1 Å². The average molecular weight is 318 g/mol. The first kappa shape index (κ1) is 16.7. The number of likely N-dealkylation sites (N-methyl/N-ethyl adjacent to an activating group) is 1. The summed E-state index contributed by atoms with van der Waals surface area (Å²) in [6, 6.07) is 8.66. The Balaban J connectivity index is 1.39. The lowest BCUT2D eigenvalue weighted by Crippen LogP contribution is -2.40. The van der Waals surface area contributed by atoms with Gasteiger partial charge in [-0.25, -0.2) is 0 Å². The predicted octanol–water partition coefficient (Wildman–Crippen LogP) is 2.77. The second-order valence-electron chi connectivity index (χ2n) is 6.86. The maximum Gasteiger partial charge on any atom is 0.119 e. The van der Waals surface area contributed by atoms with E-state index < -0.39 is 0 Å². The number of nitrogens with zero attached hydrogens (tertiary/aromatic N) is 2. The standard InChI is InChI=1S/C19H30N2O2/c1-20(10-11-21-12-14-22-15-13-21)16-17-6-8-19(9-7-17)23-18-4-2-3-5-18/h6-9,18H,2-5,10-16H2,1H3. The Bertz CT molecular complexity index is 451. The molecule has 0 spiro atoms. The lowest BCUT2D eigenvalue weighted by atomic mass is 10.2. The molecule has 1 aromatic carbocycles. The molecule has 1 saturated heterocycles. The van der Waals surface area contributed by atoms with Crippen LogP contribution in [0, 0.1) is 0 Å². The Kier molecular flexibility index (Phi) is 6.31. The van der Waals surface area contributed by atoms with Crippen LogP contribution in [0.3, 0.4) is 0 Å². The largest absolute Gasteiger partial charge is 0.490 e. The Morgan fingerprint density at radius 2 is 1.83 bits per heavy atom. The predicted molar refractivity (Wildman–Crippen MR) is 92.9 cm³/mol. The van der Waals surface area contributed by atoms with Crippen LogP contribution in [0.2, 0.25) is 0 Å². The Labute approximate surface area is 140 Å². The van der Waals surface area contributed by atoms with E-state index in [1.807, 2.05) is 0 Å². The number of hydrogen-bond donors (Lipinski definition) is 0. The van der Waals surface area contributed by atoms with E-state index in [4.69, 9.17) is 9.47 Å². The van der Waals surface area contributed by atoms with Crippen molar-refractivity contribution in [2.24, 2.45) is 0 Å². The highest BCUT2D eigenvalue weighted by Crippen LogP contribution is 2.24.